The van der Waals surface area contributed by atoms with Crippen molar-refractivity contribution in [3.05, 3.63) is 35.4 Å². The van der Waals surface area contributed by atoms with Gasteiger partial charge in [-0.3, -0.25) is 0 Å². The summed E-state index contributed by atoms with van der Waals surface area (Å²) in [5.41, 5.74) is 2.02. The Morgan fingerprint density at radius 2 is 2.31 bits per heavy atom. The Balaban J connectivity index is 2.50. The number of aryl methyl sites for hydroxylation is 1. The van der Waals surface area contributed by atoms with Crippen LogP contribution in [0.3, 0.4) is 0 Å². The molecule has 68 valence electrons. The minimum absolute atomic E-state index is 0.330. The van der Waals surface area contributed by atoms with Crippen molar-refractivity contribution < 1.29 is 9.84 Å². The highest BCUT2D eigenvalue weighted by Gasteiger charge is 2.12. The first-order valence-electron chi connectivity index (χ1n) is 4.46. The van der Waals surface area contributed by atoms with Crippen LogP contribution in [0.15, 0.2) is 24.3 Å². The SMILES string of the molecule is CCc1ccc2c(c1)C(O)=CCO2. The Labute approximate surface area is 77.5 Å². The van der Waals surface area contributed by atoms with Gasteiger partial charge in [0.2, 0.25) is 0 Å². The van der Waals surface area contributed by atoms with E-state index in [-0.39, 0.29) is 0 Å². The number of fused-ring (bicyclic) bond motifs is 1. The van der Waals surface area contributed by atoms with Crippen LogP contribution in [0.5, 0.6) is 5.75 Å². The molecule has 0 spiro atoms. The molecule has 2 rings (SSSR count). The Bertz CT molecular complexity index is 353. The lowest BCUT2D eigenvalue weighted by Crippen LogP contribution is -2.04. The monoisotopic (exact) mass is 176 g/mol. The van der Waals surface area contributed by atoms with Gasteiger partial charge in [-0.2, -0.15) is 0 Å². The molecule has 0 aliphatic carbocycles. The van der Waals surface area contributed by atoms with Gasteiger partial charge in [0.15, 0.2) is 0 Å². The third-order valence-electron chi connectivity index (χ3n) is 2.24. The van der Waals surface area contributed by atoms with Crippen LogP contribution in [0.1, 0.15) is 18.1 Å². The van der Waals surface area contributed by atoms with E-state index in [9.17, 15) is 5.11 Å². The summed E-state index contributed by atoms with van der Waals surface area (Å²) in [5.74, 6) is 1.11. The quantitative estimate of drug-likeness (QED) is 0.712. The minimum Gasteiger partial charge on any atom is -0.507 e. The van der Waals surface area contributed by atoms with Gasteiger partial charge < -0.3 is 9.84 Å². The molecular weight excluding hydrogens is 164 g/mol. The highest BCUT2D eigenvalue weighted by atomic mass is 16.5. The van der Waals surface area contributed by atoms with Gasteiger partial charge in [-0.15, -0.1) is 0 Å². The number of ether oxygens (including phenoxy) is 1. The molecule has 1 aromatic rings. The molecular formula is C11H12O2. The van der Waals surface area contributed by atoms with E-state index in [1.54, 1.807) is 6.08 Å². The van der Waals surface area contributed by atoms with Gasteiger partial charge in [-0.25, -0.2) is 0 Å². The second-order valence-electron chi connectivity index (χ2n) is 3.08. The van der Waals surface area contributed by atoms with Crippen LogP contribution in [-0.2, 0) is 6.42 Å². The average molecular weight is 176 g/mol. The zero-order valence-corrected chi connectivity index (χ0v) is 7.58. The predicted molar refractivity (Wildman–Crippen MR) is 51.9 cm³/mol. The van der Waals surface area contributed by atoms with E-state index in [0.29, 0.717) is 12.4 Å². The standard InChI is InChI=1S/C11H12O2/c1-2-8-3-4-11-9(7-8)10(12)5-6-13-11/h3-5,7,12H,2,6H2,1H3. The van der Waals surface area contributed by atoms with Gasteiger partial charge >= 0.3 is 0 Å². The first-order chi connectivity index (χ1) is 6.31. The van der Waals surface area contributed by atoms with E-state index in [4.69, 9.17) is 4.74 Å². The van der Waals surface area contributed by atoms with Gasteiger partial charge in [-0.05, 0) is 30.2 Å². The van der Waals surface area contributed by atoms with Gasteiger partial charge in [0.25, 0.3) is 0 Å². The van der Waals surface area contributed by atoms with Crippen molar-refractivity contribution in [1.82, 2.24) is 0 Å². The van der Waals surface area contributed by atoms with Gasteiger partial charge in [0.1, 0.15) is 18.1 Å². The molecule has 0 atom stereocenters. The van der Waals surface area contributed by atoms with Crippen molar-refractivity contribution in [2.75, 3.05) is 6.61 Å². The van der Waals surface area contributed by atoms with Crippen LogP contribution in [-0.4, -0.2) is 11.7 Å². The molecule has 1 aromatic carbocycles. The van der Waals surface area contributed by atoms with Gasteiger partial charge in [0, 0.05) is 0 Å². The van der Waals surface area contributed by atoms with E-state index in [1.165, 1.54) is 5.56 Å². The normalized spacial score (nSPS) is 14.4. The molecule has 0 radical (unpaired) electrons. The summed E-state index contributed by atoms with van der Waals surface area (Å²) in [7, 11) is 0. The molecule has 1 aliphatic heterocycles. The fourth-order valence-electron chi connectivity index (χ4n) is 1.44. The second kappa shape index (κ2) is 3.13. The molecule has 13 heavy (non-hydrogen) atoms. The van der Waals surface area contributed by atoms with Crippen molar-refractivity contribution in [2.45, 2.75) is 13.3 Å². The molecule has 0 aromatic heterocycles. The molecule has 1 aliphatic rings. The van der Waals surface area contributed by atoms with E-state index >= 15 is 0 Å². The first-order valence-corrected chi connectivity index (χ1v) is 4.46. The van der Waals surface area contributed by atoms with E-state index < -0.39 is 0 Å². The maximum atomic E-state index is 9.56. The molecule has 0 saturated carbocycles. The molecule has 1 heterocycles. The zero-order chi connectivity index (χ0) is 9.26. The maximum absolute atomic E-state index is 9.56. The lowest BCUT2D eigenvalue weighted by Gasteiger charge is -2.15. The highest BCUT2D eigenvalue weighted by Crippen LogP contribution is 2.28. The molecule has 0 amide bonds. The van der Waals surface area contributed by atoms with Crippen LogP contribution in [0.25, 0.3) is 5.76 Å². The summed E-state index contributed by atoms with van der Waals surface area (Å²) in [5, 5.41) is 9.56. The maximum Gasteiger partial charge on any atom is 0.130 e. The van der Waals surface area contributed by atoms with Gasteiger partial charge in [-0.1, -0.05) is 13.0 Å². The fourth-order valence-corrected chi connectivity index (χ4v) is 1.44. The molecule has 0 fully saturated rings. The van der Waals surface area contributed by atoms with Gasteiger partial charge in [0.05, 0.1) is 5.56 Å². The van der Waals surface area contributed by atoms with Crippen LogP contribution in [0.4, 0.5) is 0 Å². The first kappa shape index (κ1) is 8.17. The fraction of sp³-hybridized carbons (Fsp3) is 0.273. The van der Waals surface area contributed by atoms with Crippen molar-refractivity contribution in [1.29, 1.82) is 0 Å². The Morgan fingerprint density at radius 3 is 3.08 bits per heavy atom. The van der Waals surface area contributed by atoms with Crippen LogP contribution in [0, 0.1) is 0 Å². The van der Waals surface area contributed by atoms with E-state index in [2.05, 4.69) is 6.92 Å². The molecule has 1 N–H and O–H groups in total. The molecule has 2 heteroatoms. The second-order valence-corrected chi connectivity index (χ2v) is 3.08. The number of aliphatic hydroxyl groups is 1. The third-order valence-corrected chi connectivity index (χ3v) is 2.24. The lowest BCUT2D eigenvalue weighted by atomic mass is 10.0. The number of hydrogen-bond acceptors (Lipinski definition) is 2. The molecule has 0 unspecified atom stereocenters. The largest absolute Gasteiger partial charge is 0.507 e. The number of aliphatic hydroxyl groups excluding tert-OH is 1. The molecule has 0 saturated heterocycles. The molecule has 2 nitrogen and oxygen atoms in total. The average Bonchev–Trinajstić information content (AvgIpc) is 2.18. The van der Waals surface area contributed by atoms with Crippen molar-refractivity contribution in [3.63, 3.8) is 0 Å². The molecule has 0 bridgehead atoms. The summed E-state index contributed by atoms with van der Waals surface area (Å²) >= 11 is 0. The van der Waals surface area contributed by atoms with Crippen LogP contribution >= 0.6 is 0 Å². The summed E-state index contributed by atoms with van der Waals surface area (Å²) < 4.78 is 5.36. The highest BCUT2D eigenvalue weighted by molar-refractivity contribution is 5.67. The van der Waals surface area contributed by atoms with Crippen LogP contribution in [0.2, 0.25) is 0 Å². The van der Waals surface area contributed by atoms with E-state index in [1.807, 2.05) is 18.2 Å². The van der Waals surface area contributed by atoms with Crippen molar-refractivity contribution in [2.24, 2.45) is 0 Å². The summed E-state index contributed by atoms with van der Waals surface area (Å²) in [6.07, 6.45) is 2.66. The summed E-state index contributed by atoms with van der Waals surface area (Å²) in [4.78, 5) is 0. The number of benzene rings is 1. The number of hydrogen-bond donors (Lipinski definition) is 1. The van der Waals surface area contributed by atoms with E-state index in [0.717, 1.165) is 17.7 Å². The predicted octanol–water partition coefficient (Wildman–Crippen LogP) is 2.54. The zero-order valence-electron chi connectivity index (χ0n) is 7.58. The Morgan fingerprint density at radius 1 is 1.46 bits per heavy atom. The Hall–Kier alpha value is -1.44. The van der Waals surface area contributed by atoms with Crippen molar-refractivity contribution in [3.8, 4) is 5.75 Å². The number of rotatable bonds is 1. The summed E-state index contributed by atoms with van der Waals surface area (Å²) in [6.45, 7) is 2.55. The van der Waals surface area contributed by atoms with Crippen molar-refractivity contribution >= 4 is 5.76 Å². The van der Waals surface area contributed by atoms with Crippen LogP contribution < -0.4 is 4.74 Å². The Kier molecular flexibility index (Phi) is 1.97. The minimum atomic E-state index is 0.330. The third kappa shape index (κ3) is 1.39. The lowest BCUT2D eigenvalue weighted by molar-refractivity contribution is 0.345. The summed E-state index contributed by atoms with van der Waals surface area (Å²) in [6, 6.07) is 5.91. The smallest absolute Gasteiger partial charge is 0.130 e. The topological polar surface area (TPSA) is 29.5 Å².